The van der Waals surface area contributed by atoms with Crippen molar-refractivity contribution >= 4 is 23.2 Å². The molecule has 0 fully saturated rings. The molecule has 0 aliphatic rings. The smallest absolute Gasteiger partial charge is 0.326 e. The molecule has 0 radical (unpaired) electrons. The molecule has 0 atom stereocenters. The normalized spacial score (nSPS) is 11.5. The van der Waals surface area contributed by atoms with Crippen LogP contribution in [-0.4, -0.2) is 21.6 Å². The van der Waals surface area contributed by atoms with Crippen molar-refractivity contribution in [2.75, 3.05) is 10.6 Å². The van der Waals surface area contributed by atoms with Crippen molar-refractivity contribution in [3.8, 4) is 5.69 Å². The summed E-state index contributed by atoms with van der Waals surface area (Å²) in [4.78, 5) is 24.4. The van der Waals surface area contributed by atoms with Crippen molar-refractivity contribution in [1.29, 1.82) is 0 Å². The lowest BCUT2D eigenvalue weighted by Gasteiger charge is -2.13. The second-order valence-corrected chi connectivity index (χ2v) is 7.45. The molecular weight excluding hydrogens is 428 g/mol. The summed E-state index contributed by atoms with van der Waals surface area (Å²) in [7, 11) is 0. The average molecular weight is 448 g/mol. The van der Waals surface area contributed by atoms with Gasteiger partial charge >= 0.3 is 6.18 Å². The van der Waals surface area contributed by atoms with Gasteiger partial charge in [0, 0.05) is 17.8 Å². The molecular formula is C22H20F4N4O2. The van der Waals surface area contributed by atoms with Crippen LogP contribution in [0.2, 0.25) is 0 Å². The van der Waals surface area contributed by atoms with E-state index >= 15 is 0 Å². The fourth-order valence-electron chi connectivity index (χ4n) is 3.01. The number of aromatic nitrogens is 2. The molecule has 0 saturated heterocycles. The van der Waals surface area contributed by atoms with Gasteiger partial charge in [-0.05, 0) is 42.3 Å². The minimum absolute atomic E-state index is 0.174. The first-order valence-electron chi connectivity index (χ1n) is 9.67. The first-order valence-corrected chi connectivity index (χ1v) is 9.67. The number of nitrogens with one attached hydrogen (secondary N) is 2. The molecule has 1 aromatic heterocycles. The lowest BCUT2D eigenvalue weighted by atomic mass is 10.1. The van der Waals surface area contributed by atoms with Crippen molar-refractivity contribution in [2.45, 2.75) is 26.4 Å². The Balaban J connectivity index is 1.83. The second kappa shape index (κ2) is 9.21. The minimum atomic E-state index is -4.96. The van der Waals surface area contributed by atoms with E-state index in [1.807, 2.05) is 13.8 Å². The summed E-state index contributed by atoms with van der Waals surface area (Å²) in [5, 5.41) is 8.65. The van der Waals surface area contributed by atoms with Crippen LogP contribution in [0.25, 0.3) is 5.69 Å². The summed E-state index contributed by atoms with van der Waals surface area (Å²) < 4.78 is 55.6. The quantitative estimate of drug-likeness (QED) is 0.505. The molecule has 3 aromatic rings. The Morgan fingerprint density at radius 1 is 1.00 bits per heavy atom. The Morgan fingerprint density at radius 2 is 1.59 bits per heavy atom. The largest absolute Gasteiger partial charge is 0.434 e. The predicted molar refractivity (Wildman–Crippen MR) is 111 cm³/mol. The van der Waals surface area contributed by atoms with Gasteiger partial charge in [0.2, 0.25) is 5.91 Å². The monoisotopic (exact) mass is 448 g/mol. The van der Waals surface area contributed by atoms with Crippen LogP contribution in [0.3, 0.4) is 0 Å². The van der Waals surface area contributed by atoms with Crippen LogP contribution in [-0.2, 0) is 11.0 Å². The van der Waals surface area contributed by atoms with Crippen molar-refractivity contribution in [3.05, 3.63) is 71.8 Å². The standard InChI is InChI=1S/C22H20F4N4O2/c1-13(2)11-19(31)28-14-7-9-15(10-8-14)29-21(32)16-12-27-30(20(16)22(24,25)26)18-6-4-3-5-17(18)23/h3-10,12-13H,11H2,1-2H3,(H,28,31)(H,29,32). The molecule has 0 aliphatic heterocycles. The second-order valence-electron chi connectivity index (χ2n) is 7.45. The maximum absolute atomic E-state index is 14.0. The highest BCUT2D eigenvalue weighted by atomic mass is 19.4. The number of halogens is 4. The van der Waals surface area contributed by atoms with Gasteiger partial charge in [0.05, 0.1) is 11.8 Å². The lowest BCUT2D eigenvalue weighted by Crippen LogP contribution is -2.21. The molecule has 168 valence electrons. The van der Waals surface area contributed by atoms with Crippen molar-refractivity contribution < 1.29 is 27.2 Å². The maximum Gasteiger partial charge on any atom is 0.434 e. The Kier molecular flexibility index (Phi) is 6.61. The van der Waals surface area contributed by atoms with Crippen molar-refractivity contribution in [2.24, 2.45) is 5.92 Å². The number of benzene rings is 2. The summed E-state index contributed by atoms with van der Waals surface area (Å²) in [5.74, 6) is -1.96. The number of nitrogens with zero attached hydrogens (tertiary/aromatic N) is 2. The summed E-state index contributed by atoms with van der Waals surface area (Å²) in [6.07, 6.45) is -3.88. The number of carbonyl (C=O) groups excluding carboxylic acids is 2. The SMILES string of the molecule is CC(C)CC(=O)Nc1ccc(NC(=O)c2cnn(-c3ccccc3F)c2C(F)(F)F)cc1. The van der Waals surface area contributed by atoms with Gasteiger partial charge in [0.25, 0.3) is 5.91 Å². The molecule has 0 spiro atoms. The molecule has 0 aliphatic carbocycles. The number of anilines is 2. The van der Waals surface area contributed by atoms with E-state index in [0.29, 0.717) is 16.8 Å². The summed E-state index contributed by atoms with van der Waals surface area (Å²) in [6, 6.07) is 10.7. The van der Waals surface area contributed by atoms with Crippen molar-refractivity contribution in [3.63, 3.8) is 0 Å². The molecule has 2 aromatic carbocycles. The molecule has 0 unspecified atom stereocenters. The zero-order valence-corrected chi connectivity index (χ0v) is 17.2. The molecule has 6 nitrogen and oxygen atoms in total. The fourth-order valence-corrected chi connectivity index (χ4v) is 3.01. The van der Waals surface area contributed by atoms with Gasteiger partial charge in [-0.25, -0.2) is 9.07 Å². The first kappa shape index (κ1) is 23.0. The number of hydrogen-bond donors (Lipinski definition) is 2. The van der Waals surface area contributed by atoms with E-state index in [9.17, 15) is 27.2 Å². The molecule has 2 amide bonds. The molecule has 10 heteroatoms. The fraction of sp³-hybridized carbons (Fsp3) is 0.227. The lowest BCUT2D eigenvalue weighted by molar-refractivity contribution is -0.143. The predicted octanol–water partition coefficient (Wildman–Crippen LogP) is 5.27. The number of hydrogen-bond acceptors (Lipinski definition) is 3. The zero-order chi connectivity index (χ0) is 23.5. The van der Waals surface area contributed by atoms with Crippen molar-refractivity contribution in [1.82, 2.24) is 9.78 Å². The zero-order valence-electron chi connectivity index (χ0n) is 17.2. The van der Waals surface area contributed by atoms with Crippen LogP contribution in [0.5, 0.6) is 0 Å². The van der Waals surface area contributed by atoms with Gasteiger partial charge < -0.3 is 10.6 Å². The van der Waals surface area contributed by atoms with E-state index in [1.165, 1.54) is 36.4 Å². The third-order valence-electron chi connectivity index (χ3n) is 4.38. The number of carbonyl (C=O) groups is 2. The molecule has 0 saturated carbocycles. The van der Waals surface area contributed by atoms with Gasteiger partial charge in [-0.2, -0.15) is 18.3 Å². The van der Waals surface area contributed by atoms with Crippen LogP contribution in [0.4, 0.5) is 28.9 Å². The van der Waals surface area contributed by atoms with Gasteiger partial charge in [0.1, 0.15) is 11.5 Å². The highest BCUT2D eigenvalue weighted by Crippen LogP contribution is 2.34. The summed E-state index contributed by atoms with van der Waals surface area (Å²) >= 11 is 0. The number of amides is 2. The number of rotatable bonds is 6. The van der Waals surface area contributed by atoms with Gasteiger partial charge in [-0.1, -0.05) is 26.0 Å². The van der Waals surface area contributed by atoms with Gasteiger partial charge in [-0.3, -0.25) is 9.59 Å². The van der Waals surface area contributed by atoms with E-state index in [2.05, 4.69) is 15.7 Å². The molecule has 2 N–H and O–H groups in total. The van der Waals surface area contributed by atoms with E-state index in [0.717, 1.165) is 18.3 Å². The van der Waals surface area contributed by atoms with Crippen LogP contribution >= 0.6 is 0 Å². The average Bonchev–Trinajstić information content (AvgIpc) is 3.15. The Hall–Kier alpha value is -3.69. The Morgan fingerprint density at radius 3 is 2.16 bits per heavy atom. The van der Waals surface area contributed by atoms with Crippen LogP contribution in [0.1, 0.15) is 36.3 Å². The molecule has 1 heterocycles. The third-order valence-corrected chi connectivity index (χ3v) is 4.38. The van der Waals surface area contributed by atoms with E-state index in [4.69, 9.17) is 0 Å². The molecule has 3 rings (SSSR count). The van der Waals surface area contributed by atoms with E-state index in [1.54, 1.807) is 0 Å². The van der Waals surface area contributed by atoms with E-state index in [-0.39, 0.29) is 17.5 Å². The van der Waals surface area contributed by atoms with E-state index < -0.39 is 34.8 Å². The number of para-hydroxylation sites is 1. The van der Waals surface area contributed by atoms with Crippen LogP contribution < -0.4 is 10.6 Å². The topological polar surface area (TPSA) is 76.0 Å². The highest BCUT2D eigenvalue weighted by Gasteiger charge is 2.41. The van der Waals surface area contributed by atoms with Crippen LogP contribution in [0, 0.1) is 11.7 Å². The summed E-state index contributed by atoms with van der Waals surface area (Å²) in [6.45, 7) is 3.81. The first-order chi connectivity index (χ1) is 15.1. The third kappa shape index (κ3) is 5.32. The minimum Gasteiger partial charge on any atom is -0.326 e. The summed E-state index contributed by atoms with van der Waals surface area (Å²) in [5.41, 5.74) is -1.88. The molecule has 32 heavy (non-hydrogen) atoms. The Labute approximate surface area is 181 Å². The highest BCUT2D eigenvalue weighted by molar-refractivity contribution is 6.05. The van der Waals surface area contributed by atoms with Gasteiger partial charge in [-0.15, -0.1) is 0 Å². The van der Waals surface area contributed by atoms with Gasteiger partial charge in [0.15, 0.2) is 5.69 Å². The number of alkyl halides is 3. The maximum atomic E-state index is 14.0. The Bertz CT molecular complexity index is 1120. The molecule has 0 bridgehead atoms. The van der Waals surface area contributed by atoms with Crippen LogP contribution in [0.15, 0.2) is 54.7 Å².